The Morgan fingerprint density at radius 1 is 0.909 bits per heavy atom. The van der Waals surface area contributed by atoms with Gasteiger partial charge in [0.1, 0.15) is 5.82 Å². The molecule has 110 valence electrons. The molecular weight excluding hydrogens is 282 g/mol. The number of rotatable bonds is 3. The molecule has 3 aromatic rings. The van der Waals surface area contributed by atoms with E-state index in [1.54, 1.807) is 0 Å². The van der Waals surface area contributed by atoms with Gasteiger partial charge >= 0.3 is 5.69 Å². The molecule has 0 unspecified atom stereocenters. The SMILES string of the molecule is O=c1cc(Nc2ccc(-c3ccccc3)cc2)[nH]c(=O)n1O. The van der Waals surface area contributed by atoms with Crippen LogP contribution in [0.15, 0.2) is 70.3 Å². The van der Waals surface area contributed by atoms with E-state index in [0.717, 1.165) is 17.2 Å². The second-order valence-electron chi connectivity index (χ2n) is 4.71. The zero-order valence-electron chi connectivity index (χ0n) is 11.5. The van der Waals surface area contributed by atoms with Gasteiger partial charge in [-0.05, 0) is 23.3 Å². The molecule has 0 aliphatic rings. The summed E-state index contributed by atoms with van der Waals surface area (Å²) in [4.78, 5) is 25.0. The second-order valence-corrected chi connectivity index (χ2v) is 4.71. The Morgan fingerprint density at radius 3 is 2.18 bits per heavy atom. The lowest BCUT2D eigenvalue weighted by Gasteiger charge is -2.07. The number of H-pyrrole nitrogens is 1. The van der Waals surface area contributed by atoms with E-state index >= 15 is 0 Å². The number of aromatic amines is 1. The molecule has 3 rings (SSSR count). The molecule has 1 heterocycles. The normalized spacial score (nSPS) is 10.4. The molecule has 0 amide bonds. The summed E-state index contributed by atoms with van der Waals surface area (Å²) in [6, 6.07) is 18.6. The quantitative estimate of drug-likeness (QED) is 0.646. The minimum absolute atomic E-state index is 0.0175. The van der Waals surface area contributed by atoms with Crippen molar-refractivity contribution in [2.45, 2.75) is 0 Å². The first-order valence-corrected chi connectivity index (χ1v) is 6.61. The average molecular weight is 295 g/mol. The van der Waals surface area contributed by atoms with E-state index in [1.807, 2.05) is 54.6 Å². The Bertz CT molecular complexity index is 865. The minimum Gasteiger partial charge on any atom is -0.421 e. The highest BCUT2D eigenvalue weighted by molar-refractivity contribution is 5.67. The van der Waals surface area contributed by atoms with Crippen molar-refractivity contribution in [2.75, 3.05) is 5.32 Å². The van der Waals surface area contributed by atoms with Gasteiger partial charge in [-0.3, -0.25) is 9.78 Å². The molecule has 0 saturated heterocycles. The van der Waals surface area contributed by atoms with Gasteiger partial charge in [0.2, 0.25) is 0 Å². The molecule has 0 fully saturated rings. The predicted octanol–water partition coefficient (Wildman–Crippen LogP) is 2.18. The Morgan fingerprint density at radius 2 is 1.55 bits per heavy atom. The van der Waals surface area contributed by atoms with E-state index in [4.69, 9.17) is 5.21 Å². The molecule has 0 spiro atoms. The van der Waals surface area contributed by atoms with Crippen LogP contribution in [0.2, 0.25) is 0 Å². The number of hydrogen-bond acceptors (Lipinski definition) is 4. The summed E-state index contributed by atoms with van der Waals surface area (Å²) in [7, 11) is 0. The van der Waals surface area contributed by atoms with E-state index < -0.39 is 11.2 Å². The van der Waals surface area contributed by atoms with Crippen molar-refractivity contribution in [2.24, 2.45) is 0 Å². The molecule has 6 heteroatoms. The highest BCUT2D eigenvalue weighted by Crippen LogP contribution is 2.22. The summed E-state index contributed by atoms with van der Waals surface area (Å²) in [5.74, 6) is 0.216. The van der Waals surface area contributed by atoms with Crippen LogP contribution in [0, 0.1) is 0 Å². The van der Waals surface area contributed by atoms with Crippen molar-refractivity contribution < 1.29 is 5.21 Å². The molecular formula is C16H13N3O3. The first-order valence-electron chi connectivity index (χ1n) is 6.61. The van der Waals surface area contributed by atoms with Crippen LogP contribution in [0.4, 0.5) is 11.5 Å². The fraction of sp³-hybridized carbons (Fsp3) is 0. The van der Waals surface area contributed by atoms with Gasteiger partial charge in [-0.15, -0.1) is 0 Å². The average Bonchev–Trinajstić information content (AvgIpc) is 2.54. The lowest BCUT2D eigenvalue weighted by atomic mass is 10.1. The van der Waals surface area contributed by atoms with Gasteiger partial charge in [0, 0.05) is 11.8 Å². The third-order valence-corrected chi connectivity index (χ3v) is 3.18. The maximum absolute atomic E-state index is 11.3. The van der Waals surface area contributed by atoms with Gasteiger partial charge in [0.25, 0.3) is 5.56 Å². The van der Waals surface area contributed by atoms with Crippen LogP contribution in [-0.2, 0) is 0 Å². The van der Waals surface area contributed by atoms with Crippen molar-refractivity contribution in [1.29, 1.82) is 0 Å². The number of nitrogens with zero attached hydrogens (tertiary/aromatic N) is 1. The van der Waals surface area contributed by atoms with Crippen molar-refractivity contribution in [3.8, 4) is 11.1 Å². The zero-order valence-corrected chi connectivity index (χ0v) is 11.5. The molecule has 0 bridgehead atoms. The van der Waals surface area contributed by atoms with Crippen LogP contribution >= 0.6 is 0 Å². The Kier molecular flexibility index (Phi) is 3.49. The summed E-state index contributed by atoms with van der Waals surface area (Å²) >= 11 is 0. The van der Waals surface area contributed by atoms with Gasteiger partial charge in [-0.1, -0.05) is 47.2 Å². The summed E-state index contributed by atoms with van der Waals surface area (Å²) in [6.07, 6.45) is 0. The van der Waals surface area contributed by atoms with Crippen LogP contribution in [0.3, 0.4) is 0 Å². The first kappa shape index (κ1) is 13.7. The molecule has 0 aliphatic heterocycles. The molecule has 0 saturated carbocycles. The lowest BCUT2D eigenvalue weighted by Crippen LogP contribution is -2.33. The van der Waals surface area contributed by atoms with Gasteiger partial charge in [0.05, 0.1) is 0 Å². The topological polar surface area (TPSA) is 87.1 Å². The van der Waals surface area contributed by atoms with Crippen molar-refractivity contribution in [1.82, 2.24) is 9.71 Å². The smallest absolute Gasteiger partial charge is 0.363 e. The second kappa shape index (κ2) is 5.61. The molecule has 0 aliphatic carbocycles. The van der Waals surface area contributed by atoms with Crippen LogP contribution in [0.1, 0.15) is 0 Å². The third kappa shape index (κ3) is 2.76. The molecule has 0 radical (unpaired) electrons. The Hall–Kier alpha value is -3.28. The molecule has 6 nitrogen and oxygen atoms in total. The van der Waals surface area contributed by atoms with Gasteiger partial charge < -0.3 is 10.5 Å². The number of nitrogens with one attached hydrogen (secondary N) is 2. The van der Waals surface area contributed by atoms with E-state index in [2.05, 4.69) is 10.3 Å². The standard InChI is InChI=1S/C16H13N3O3/c20-15-10-14(18-16(21)19(15)22)17-13-8-6-12(7-9-13)11-4-2-1-3-5-11/h1-10,17,22H,(H,18,21). The first-order chi connectivity index (χ1) is 10.6. The summed E-state index contributed by atoms with van der Waals surface area (Å²) < 4.78 is 0.0175. The highest BCUT2D eigenvalue weighted by atomic mass is 16.5. The summed E-state index contributed by atoms with van der Waals surface area (Å²) in [5, 5.41) is 12.0. The van der Waals surface area contributed by atoms with Crippen LogP contribution in [-0.4, -0.2) is 14.9 Å². The van der Waals surface area contributed by atoms with E-state index in [0.29, 0.717) is 5.69 Å². The van der Waals surface area contributed by atoms with Crippen molar-refractivity contribution in [3.63, 3.8) is 0 Å². The minimum atomic E-state index is -0.893. The Balaban J connectivity index is 1.85. The number of hydrogen-bond donors (Lipinski definition) is 3. The summed E-state index contributed by atoms with van der Waals surface area (Å²) in [5.41, 5.74) is 1.18. The van der Waals surface area contributed by atoms with E-state index in [1.165, 1.54) is 0 Å². The predicted molar refractivity (Wildman–Crippen MR) is 83.7 cm³/mol. The fourth-order valence-corrected chi connectivity index (χ4v) is 2.09. The van der Waals surface area contributed by atoms with Crippen molar-refractivity contribution in [3.05, 3.63) is 81.5 Å². The highest BCUT2D eigenvalue weighted by Gasteiger charge is 2.03. The zero-order chi connectivity index (χ0) is 15.5. The van der Waals surface area contributed by atoms with Crippen molar-refractivity contribution >= 4 is 11.5 Å². The lowest BCUT2D eigenvalue weighted by molar-refractivity contribution is 0.160. The van der Waals surface area contributed by atoms with Crippen LogP contribution in [0.5, 0.6) is 0 Å². The number of anilines is 2. The van der Waals surface area contributed by atoms with E-state index in [-0.39, 0.29) is 10.5 Å². The third-order valence-electron chi connectivity index (χ3n) is 3.18. The largest absolute Gasteiger partial charge is 0.421 e. The molecule has 3 N–H and O–H groups in total. The van der Waals surface area contributed by atoms with Gasteiger partial charge in [-0.2, -0.15) is 0 Å². The summed E-state index contributed by atoms with van der Waals surface area (Å²) in [6.45, 7) is 0. The molecule has 2 aromatic carbocycles. The van der Waals surface area contributed by atoms with Gasteiger partial charge in [-0.25, -0.2) is 4.79 Å². The molecule has 22 heavy (non-hydrogen) atoms. The fourth-order valence-electron chi connectivity index (χ4n) is 2.09. The molecule has 0 atom stereocenters. The molecule has 1 aromatic heterocycles. The maximum Gasteiger partial charge on any atom is 0.363 e. The van der Waals surface area contributed by atoms with Crippen LogP contribution in [0.25, 0.3) is 11.1 Å². The van der Waals surface area contributed by atoms with Gasteiger partial charge in [0.15, 0.2) is 0 Å². The monoisotopic (exact) mass is 295 g/mol. The van der Waals surface area contributed by atoms with E-state index in [9.17, 15) is 9.59 Å². The Labute approximate surface area is 125 Å². The van der Waals surface area contributed by atoms with Crippen LogP contribution < -0.4 is 16.6 Å². The maximum atomic E-state index is 11.3. The number of aromatic nitrogens is 2. The number of benzene rings is 2.